The van der Waals surface area contributed by atoms with Crippen molar-refractivity contribution in [1.29, 1.82) is 0 Å². The van der Waals surface area contributed by atoms with Crippen molar-refractivity contribution in [3.63, 3.8) is 0 Å². The number of aliphatic hydroxyl groups excluding tert-OH is 1. The highest BCUT2D eigenvalue weighted by Gasteiger charge is 2.79. The SMILES string of the molecule is CCOC(=O)[C@@H]1[C@H]2C(=O)N(CCCCO)C(C(=O)NC(C)(C)CC(C)(C)C)C23CC[C@@]1(CC)O3. The monoisotopic (exact) mass is 480 g/mol. The molecule has 8 heteroatoms. The molecule has 34 heavy (non-hydrogen) atoms. The Balaban J connectivity index is 2.00. The second-order valence-electron chi connectivity index (χ2n) is 12.2. The number of hydrogen-bond donors (Lipinski definition) is 2. The first-order valence-electron chi connectivity index (χ1n) is 12.9. The molecule has 0 saturated carbocycles. The molecule has 0 aliphatic carbocycles. The Morgan fingerprint density at radius 1 is 1.18 bits per heavy atom. The van der Waals surface area contributed by atoms with Crippen molar-refractivity contribution in [2.75, 3.05) is 19.8 Å². The van der Waals surface area contributed by atoms with E-state index in [0.717, 1.165) is 6.42 Å². The topological polar surface area (TPSA) is 105 Å². The van der Waals surface area contributed by atoms with E-state index < -0.39 is 40.6 Å². The molecule has 3 saturated heterocycles. The van der Waals surface area contributed by atoms with E-state index in [2.05, 4.69) is 26.1 Å². The quantitative estimate of drug-likeness (QED) is 0.368. The predicted molar refractivity (Wildman–Crippen MR) is 128 cm³/mol. The molecule has 3 aliphatic rings. The Morgan fingerprint density at radius 3 is 2.41 bits per heavy atom. The van der Waals surface area contributed by atoms with Gasteiger partial charge in [0.1, 0.15) is 17.6 Å². The van der Waals surface area contributed by atoms with Crippen molar-refractivity contribution in [2.24, 2.45) is 17.3 Å². The number of esters is 1. The number of nitrogens with one attached hydrogen (secondary N) is 1. The number of fused-ring (bicyclic) bond motifs is 1. The maximum atomic E-state index is 13.9. The number of aliphatic hydroxyl groups is 1. The van der Waals surface area contributed by atoms with E-state index >= 15 is 0 Å². The third-order valence-corrected chi connectivity index (χ3v) is 7.71. The molecule has 2 unspecified atom stereocenters. The summed E-state index contributed by atoms with van der Waals surface area (Å²) in [6, 6.07) is -0.809. The number of likely N-dealkylation sites (tertiary alicyclic amines) is 1. The van der Waals surface area contributed by atoms with Crippen LogP contribution in [0.2, 0.25) is 0 Å². The number of ether oxygens (including phenoxy) is 2. The molecule has 0 aromatic carbocycles. The largest absolute Gasteiger partial charge is 0.466 e. The second-order valence-corrected chi connectivity index (χ2v) is 12.2. The van der Waals surface area contributed by atoms with Gasteiger partial charge in [-0.05, 0) is 64.7 Å². The summed E-state index contributed by atoms with van der Waals surface area (Å²) in [5.41, 5.74) is -2.29. The number of rotatable bonds is 10. The first-order chi connectivity index (χ1) is 15.8. The van der Waals surface area contributed by atoms with Crippen LogP contribution in [0.5, 0.6) is 0 Å². The molecule has 0 aromatic rings. The van der Waals surface area contributed by atoms with Gasteiger partial charge in [-0.3, -0.25) is 14.4 Å². The molecule has 3 rings (SSSR count). The number of nitrogens with zero attached hydrogens (tertiary/aromatic N) is 1. The Morgan fingerprint density at radius 2 is 1.85 bits per heavy atom. The van der Waals surface area contributed by atoms with Crippen LogP contribution in [0.4, 0.5) is 0 Å². The lowest BCUT2D eigenvalue weighted by Gasteiger charge is -2.38. The van der Waals surface area contributed by atoms with Crippen molar-refractivity contribution >= 4 is 17.8 Å². The van der Waals surface area contributed by atoms with Crippen LogP contribution in [0.25, 0.3) is 0 Å². The summed E-state index contributed by atoms with van der Waals surface area (Å²) in [6.45, 7) is 14.7. The van der Waals surface area contributed by atoms with E-state index in [0.29, 0.717) is 38.6 Å². The van der Waals surface area contributed by atoms with Gasteiger partial charge in [0.15, 0.2) is 0 Å². The van der Waals surface area contributed by atoms with Gasteiger partial charge in [0.25, 0.3) is 0 Å². The van der Waals surface area contributed by atoms with Crippen LogP contribution < -0.4 is 5.32 Å². The maximum Gasteiger partial charge on any atom is 0.312 e. The van der Waals surface area contributed by atoms with Crippen LogP contribution in [0.3, 0.4) is 0 Å². The van der Waals surface area contributed by atoms with Gasteiger partial charge in [-0.15, -0.1) is 0 Å². The van der Waals surface area contributed by atoms with Crippen molar-refractivity contribution in [3.05, 3.63) is 0 Å². The summed E-state index contributed by atoms with van der Waals surface area (Å²) in [5.74, 6) is -2.28. The fourth-order valence-electron chi connectivity index (χ4n) is 7.02. The van der Waals surface area contributed by atoms with Gasteiger partial charge in [-0.25, -0.2) is 0 Å². The molecule has 194 valence electrons. The third-order valence-electron chi connectivity index (χ3n) is 7.71. The van der Waals surface area contributed by atoms with Crippen LogP contribution in [-0.4, -0.2) is 70.3 Å². The minimum absolute atomic E-state index is 0.00744. The Labute approximate surface area is 204 Å². The van der Waals surface area contributed by atoms with Crippen LogP contribution in [0, 0.1) is 17.3 Å². The highest BCUT2D eigenvalue weighted by atomic mass is 16.6. The highest BCUT2D eigenvalue weighted by molar-refractivity contribution is 5.98. The smallest absolute Gasteiger partial charge is 0.312 e. The Kier molecular flexibility index (Phi) is 7.46. The van der Waals surface area contributed by atoms with Crippen molar-refractivity contribution in [1.82, 2.24) is 10.2 Å². The van der Waals surface area contributed by atoms with E-state index in [-0.39, 0.29) is 30.4 Å². The van der Waals surface area contributed by atoms with Gasteiger partial charge in [-0.1, -0.05) is 27.7 Å². The second kappa shape index (κ2) is 9.41. The van der Waals surface area contributed by atoms with Gasteiger partial charge >= 0.3 is 5.97 Å². The molecule has 2 amide bonds. The number of amides is 2. The summed E-state index contributed by atoms with van der Waals surface area (Å²) in [6.07, 6.45) is 3.63. The van der Waals surface area contributed by atoms with Gasteiger partial charge in [0, 0.05) is 18.7 Å². The number of unbranched alkanes of at least 4 members (excludes halogenated alkanes) is 1. The lowest BCUT2D eigenvalue weighted by Crippen LogP contribution is -2.59. The van der Waals surface area contributed by atoms with Crippen LogP contribution in [-0.2, 0) is 23.9 Å². The molecular formula is C26H44N2O6. The number of hydrogen-bond acceptors (Lipinski definition) is 6. The van der Waals surface area contributed by atoms with Gasteiger partial charge in [0.05, 0.1) is 18.1 Å². The summed E-state index contributed by atoms with van der Waals surface area (Å²) in [4.78, 5) is 42.5. The lowest BCUT2D eigenvalue weighted by atomic mass is 9.65. The van der Waals surface area contributed by atoms with Gasteiger partial charge in [-0.2, -0.15) is 0 Å². The number of carbonyl (C=O) groups is 3. The first-order valence-corrected chi connectivity index (χ1v) is 12.9. The molecule has 0 radical (unpaired) electrons. The Hall–Kier alpha value is -1.67. The zero-order chi connectivity index (χ0) is 25.5. The van der Waals surface area contributed by atoms with Crippen LogP contribution in [0.15, 0.2) is 0 Å². The first kappa shape index (κ1) is 26.9. The highest BCUT2D eigenvalue weighted by Crippen LogP contribution is 2.64. The molecule has 8 nitrogen and oxygen atoms in total. The molecule has 0 aromatic heterocycles. The normalized spacial score (nSPS) is 32.8. The molecule has 3 heterocycles. The summed E-state index contributed by atoms with van der Waals surface area (Å²) in [7, 11) is 0. The van der Waals surface area contributed by atoms with E-state index in [1.807, 2.05) is 20.8 Å². The minimum Gasteiger partial charge on any atom is -0.466 e. The number of carbonyl (C=O) groups excluding carboxylic acids is 3. The molecule has 3 aliphatic heterocycles. The minimum atomic E-state index is -1.04. The Bertz CT molecular complexity index is 806. The molecular weight excluding hydrogens is 436 g/mol. The maximum absolute atomic E-state index is 13.9. The summed E-state index contributed by atoms with van der Waals surface area (Å²) < 4.78 is 12.1. The van der Waals surface area contributed by atoms with Crippen LogP contribution in [0.1, 0.15) is 87.0 Å². The zero-order valence-electron chi connectivity index (χ0n) is 22.0. The third kappa shape index (κ3) is 4.60. The van der Waals surface area contributed by atoms with Gasteiger partial charge < -0.3 is 24.8 Å². The molecule has 5 atom stereocenters. The van der Waals surface area contributed by atoms with E-state index in [9.17, 15) is 19.5 Å². The zero-order valence-corrected chi connectivity index (χ0v) is 22.0. The average molecular weight is 481 g/mol. The standard InChI is InChI=1S/C26H44N2O6/c1-8-25-12-13-26(34-25)17(18(25)22(32)33-9-2)21(31)28(14-10-11-15-29)19(26)20(30)27-24(6,7)16-23(3,4)5/h17-19,29H,8-16H2,1-7H3,(H,27,30)/t17-,18-,19?,25+,26?/m0/s1. The summed E-state index contributed by atoms with van der Waals surface area (Å²) >= 11 is 0. The molecule has 2 bridgehead atoms. The van der Waals surface area contributed by atoms with Crippen molar-refractivity contribution < 1.29 is 29.0 Å². The average Bonchev–Trinajstić information content (AvgIpc) is 3.30. The van der Waals surface area contributed by atoms with E-state index in [4.69, 9.17) is 9.47 Å². The fourth-order valence-corrected chi connectivity index (χ4v) is 7.02. The molecule has 3 fully saturated rings. The van der Waals surface area contributed by atoms with E-state index in [1.54, 1.807) is 11.8 Å². The van der Waals surface area contributed by atoms with Crippen molar-refractivity contribution in [2.45, 2.75) is 110 Å². The predicted octanol–water partition coefficient (Wildman–Crippen LogP) is 2.81. The van der Waals surface area contributed by atoms with Crippen LogP contribution >= 0.6 is 0 Å². The summed E-state index contributed by atoms with van der Waals surface area (Å²) in [5, 5.41) is 12.5. The van der Waals surface area contributed by atoms with Gasteiger partial charge in [0.2, 0.25) is 11.8 Å². The fraction of sp³-hybridized carbons (Fsp3) is 0.885. The van der Waals surface area contributed by atoms with E-state index in [1.165, 1.54) is 0 Å². The van der Waals surface area contributed by atoms with Crippen molar-refractivity contribution in [3.8, 4) is 0 Å². The molecule has 2 N–H and O–H groups in total. The lowest BCUT2D eigenvalue weighted by molar-refractivity contribution is -0.160. The molecule has 1 spiro atoms.